The number of anilines is 2. The summed E-state index contributed by atoms with van der Waals surface area (Å²) in [5.74, 6) is -2.28. The van der Waals surface area contributed by atoms with E-state index in [9.17, 15) is 18.0 Å². The van der Waals surface area contributed by atoms with Crippen molar-refractivity contribution in [1.29, 1.82) is 0 Å². The van der Waals surface area contributed by atoms with Crippen molar-refractivity contribution in [2.75, 3.05) is 11.1 Å². The van der Waals surface area contributed by atoms with E-state index in [4.69, 9.17) is 15.6 Å². The maximum atomic E-state index is 11.9. The highest BCUT2D eigenvalue weighted by atomic mass is 19.4. The Labute approximate surface area is 175 Å². The van der Waals surface area contributed by atoms with Gasteiger partial charge in [0.05, 0.1) is 0 Å². The Morgan fingerprint density at radius 1 is 0.968 bits per heavy atom. The predicted octanol–water partition coefficient (Wildman–Crippen LogP) is 4.29. The first-order valence-corrected chi connectivity index (χ1v) is 8.86. The highest BCUT2D eigenvalue weighted by molar-refractivity contribution is 5.89. The molecule has 0 atom stereocenters. The zero-order valence-corrected chi connectivity index (χ0v) is 16.1. The zero-order chi connectivity index (χ0) is 22.9. The lowest BCUT2D eigenvalue weighted by Gasteiger charge is -2.09. The molecule has 3 aromatic rings. The lowest BCUT2D eigenvalue weighted by atomic mass is 10.1. The molecule has 2 amide bonds. The minimum absolute atomic E-state index is 0.236. The fourth-order valence-electron chi connectivity index (χ4n) is 2.33. The molecule has 0 aliphatic rings. The monoisotopic (exact) mass is 432 g/mol. The summed E-state index contributed by atoms with van der Waals surface area (Å²) in [4.78, 5) is 24.8. The summed E-state index contributed by atoms with van der Waals surface area (Å²) in [7, 11) is 0. The number of carbonyl (C=O) groups excluding carboxylic acids is 1. The quantitative estimate of drug-likeness (QED) is 0.491. The van der Waals surface area contributed by atoms with Gasteiger partial charge in [0.25, 0.3) is 0 Å². The molecule has 3 rings (SSSR count). The molecule has 7 nitrogen and oxygen atoms in total. The molecule has 0 saturated heterocycles. The van der Waals surface area contributed by atoms with Crippen LogP contribution in [0.1, 0.15) is 5.56 Å². The number of alkyl halides is 3. The first-order chi connectivity index (χ1) is 14.6. The Morgan fingerprint density at radius 3 is 2.13 bits per heavy atom. The molecule has 10 heteroatoms. The summed E-state index contributed by atoms with van der Waals surface area (Å²) in [6.07, 6.45) is -3.41. The minimum atomic E-state index is -5.08. The van der Waals surface area contributed by atoms with E-state index in [0.29, 0.717) is 12.4 Å². The second-order valence-corrected chi connectivity index (χ2v) is 6.14. The Kier molecular flexibility index (Phi) is 7.95. The van der Waals surface area contributed by atoms with E-state index < -0.39 is 12.1 Å². The number of hydrogen-bond acceptors (Lipinski definition) is 4. The number of urea groups is 1. The van der Waals surface area contributed by atoms with Crippen LogP contribution in [-0.4, -0.2) is 28.3 Å². The second kappa shape index (κ2) is 10.6. The number of pyridine rings is 1. The number of rotatable bonds is 4. The summed E-state index contributed by atoms with van der Waals surface area (Å²) < 4.78 is 31.7. The SMILES string of the molecule is Nc1cc(-c2ccc(NC(=O)NCc3ccccc3)cc2)ccn1.O=C(O)C(F)(F)F. The smallest absolute Gasteiger partial charge is 0.475 e. The van der Waals surface area contributed by atoms with Gasteiger partial charge in [-0.2, -0.15) is 13.2 Å². The van der Waals surface area contributed by atoms with Gasteiger partial charge in [0.15, 0.2) is 0 Å². The number of nitrogens with one attached hydrogen (secondary N) is 2. The predicted molar refractivity (Wildman–Crippen MR) is 110 cm³/mol. The van der Waals surface area contributed by atoms with Gasteiger partial charge < -0.3 is 21.5 Å². The number of benzene rings is 2. The van der Waals surface area contributed by atoms with E-state index in [0.717, 1.165) is 22.4 Å². The van der Waals surface area contributed by atoms with Gasteiger partial charge in [-0.3, -0.25) is 0 Å². The molecule has 0 radical (unpaired) electrons. The van der Waals surface area contributed by atoms with Crippen LogP contribution in [0.4, 0.5) is 29.5 Å². The summed E-state index contributed by atoms with van der Waals surface area (Å²) in [6.45, 7) is 0.487. The zero-order valence-electron chi connectivity index (χ0n) is 16.1. The molecule has 5 N–H and O–H groups in total. The number of carbonyl (C=O) groups is 2. The molecule has 0 fully saturated rings. The van der Waals surface area contributed by atoms with Crippen molar-refractivity contribution in [3.05, 3.63) is 78.5 Å². The van der Waals surface area contributed by atoms with Crippen LogP contribution in [0, 0.1) is 0 Å². The Bertz CT molecular complexity index is 1010. The fraction of sp³-hybridized carbons (Fsp3) is 0.0952. The minimum Gasteiger partial charge on any atom is -0.475 e. The number of hydrogen-bond donors (Lipinski definition) is 4. The number of aliphatic carboxylic acids is 1. The van der Waals surface area contributed by atoms with Gasteiger partial charge in [0.2, 0.25) is 0 Å². The van der Waals surface area contributed by atoms with Gasteiger partial charge in [-0.25, -0.2) is 14.6 Å². The molecule has 162 valence electrons. The molecule has 0 aliphatic carbocycles. The van der Waals surface area contributed by atoms with E-state index in [1.54, 1.807) is 6.20 Å². The van der Waals surface area contributed by atoms with Gasteiger partial charge >= 0.3 is 18.2 Å². The largest absolute Gasteiger partial charge is 0.490 e. The Hall–Kier alpha value is -4.08. The van der Waals surface area contributed by atoms with Crippen molar-refractivity contribution in [2.24, 2.45) is 0 Å². The van der Waals surface area contributed by atoms with Crippen molar-refractivity contribution in [2.45, 2.75) is 12.7 Å². The van der Waals surface area contributed by atoms with Crippen LogP contribution in [0.25, 0.3) is 11.1 Å². The van der Waals surface area contributed by atoms with Gasteiger partial charge in [-0.05, 0) is 41.0 Å². The number of amides is 2. The van der Waals surface area contributed by atoms with Crippen LogP contribution in [0.2, 0.25) is 0 Å². The Morgan fingerprint density at radius 2 is 1.58 bits per heavy atom. The standard InChI is InChI=1S/C19H18N4O.C2HF3O2/c20-18-12-16(10-11-21-18)15-6-8-17(9-7-15)23-19(24)22-13-14-4-2-1-3-5-14;3-2(4,5)1(6)7/h1-12H,13H2,(H2,20,21)(H2,22,23,24);(H,6,7). The maximum Gasteiger partial charge on any atom is 0.490 e. The van der Waals surface area contributed by atoms with E-state index >= 15 is 0 Å². The van der Waals surface area contributed by atoms with E-state index in [-0.39, 0.29) is 6.03 Å². The number of nitrogen functional groups attached to an aromatic ring is 1. The number of aromatic nitrogens is 1. The number of carboxylic acids is 1. The lowest BCUT2D eigenvalue weighted by molar-refractivity contribution is -0.192. The first kappa shape index (κ1) is 23.2. The molecule has 2 aromatic carbocycles. The van der Waals surface area contributed by atoms with Crippen molar-refractivity contribution >= 4 is 23.5 Å². The van der Waals surface area contributed by atoms with Crippen molar-refractivity contribution in [3.63, 3.8) is 0 Å². The maximum absolute atomic E-state index is 11.9. The topological polar surface area (TPSA) is 117 Å². The van der Waals surface area contributed by atoms with Crippen LogP contribution >= 0.6 is 0 Å². The molecule has 1 heterocycles. The molecule has 0 spiro atoms. The van der Waals surface area contributed by atoms with Gasteiger partial charge in [0.1, 0.15) is 5.82 Å². The number of nitrogens with two attached hydrogens (primary N) is 1. The average molecular weight is 432 g/mol. The number of carboxylic acid groups (broad SMARTS) is 1. The van der Waals surface area contributed by atoms with Gasteiger partial charge in [-0.1, -0.05) is 42.5 Å². The van der Waals surface area contributed by atoms with Crippen LogP contribution in [0.3, 0.4) is 0 Å². The second-order valence-electron chi connectivity index (χ2n) is 6.14. The van der Waals surface area contributed by atoms with Crippen molar-refractivity contribution in [1.82, 2.24) is 10.3 Å². The molecular weight excluding hydrogens is 413 g/mol. The third kappa shape index (κ3) is 8.05. The van der Waals surface area contributed by atoms with Gasteiger partial charge in [0, 0.05) is 18.4 Å². The first-order valence-electron chi connectivity index (χ1n) is 8.86. The van der Waals surface area contributed by atoms with E-state index in [1.807, 2.05) is 66.7 Å². The molecule has 31 heavy (non-hydrogen) atoms. The molecule has 0 saturated carbocycles. The molecule has 1 aromatic heterocycles. The molecular formula is C21H19F3N4O3. The third-order valence-electron chi connectivity index (χ3n) is 3.80. The molecule has 0 bridgehead atoms. The fourth-order valence-corrected chi connectivity index (χ4v) is 2.33. The number of nitrogens with zero attached hydrogens (tertiary/aromatic N) is 1. The highest BCUT2D eigenvalue weighted by Gasteiger charge is 2.38. The van der Waals surface area contributed by atoms with Crippen LogP contribution in [0.15, 0.2) is 72.9 Å². The average Bonchev–Trinajstić information content (AvgIpc) is 2.73. The summed E-state index contributed by atoms with van der Waals surface area (Å²) in [5.41, 5.74) is 9.48. The van der Waals surface area contributed by atoms with Crippen molar-refractivity contribution < 1.29 is 27.9 Å². The molecule has 0 aliphatic heterocycles. The summed E-state index contributed by atoms with van der Waals surface area (Å²) >= 11 is 0. The van der Waals surface area contributed by atoms with Crippen LogP contribution < -0.4 is 16.4 Å². The van der Waals surface area contributed by atoms with Crippen LogP contribution in [-0.2, 0) is 11.3 Å². The molecule has 0 unspecified atom stereocenters. The number of halogens is 3. The van der Waals surface area contributed by atoms with E-state index in [1.165, 1.54) is 0 Å². The van der Waals surface area contributed by atoms with Gasteiger partial charge in [-0.15, -0.1) is 0 Å². The highest BCUT2D eigenvalue weighted by Crippen LogP contribution is 2.22. The van der Waals surface area contributed by atoms with Crippen LogP contribution in [0.5, 0.6) is 0 Å². The van der Waals surface area contributed by atoms with E-state index in [2.05, 4.69) is 15.6 Å². The van der Waals surface area contributed by atoms with Crippen molar-refractivity contribution in [3.8, 4) is 11.1 Å². The lowest BCUT2D eigenvalue weighted by Crippen LogP contribution is -2.28. The summed E-state index contributed by atoms with van der Waals surface area (Å²) in [5, 5.41) is 12.8. The Balaban J connectivity index is 0.000000423. The normalized spacial score (nSPS) is 10.4. The third-order valence-corrected chi connectivity index (χ3v) is 3.80. The summed E-state index contributed by atoms with van der Waals surface area (Å²) in [6, 6.07) is 20.8.